The summed E-state index contributed by atoms with van der Waals surface area (Å²) in [5.74, 6) is 2.25. The lowest BCUT2D eigenvalue weighted by molar-refractivity contribution is 0.108. The molecule has 0 spiro atoms. The average Bonchev–Trinajstić information content (AvgIpc) is 2.34. The molecule has 0 saturated heterocycles. The summed E-state index contributed by atoms with van der Waals surface area (Å²) in [4.78, 5) is 0. The maximum absolute atomic E-state index is 6.14. The molecular formula is C16H25NO. The minimum Gasteiger partial charge on any atom is -0.489 e. The Balaban J connectivity index is 1.99. The van der Waals surface area contributed by atoms with E-state index in [2.05, 4.69) is 45.0 Å². The zero-order valence-corrected chi connectivity index (χ0v) is 11.7. The van der Waals surface area contributed by atoms with E-state index in [0.29, 0.717) is 5.92 Å². The van der Waals surface area contributed by atoms with Gasteiger partial charge in [0, 0.05) is 6.04 Å². The molecule has 0 radical (unpaired) electrons. The molecule has 3 atom stereocenters. The molecule has 3 unspecified atom stereocenters. The summed E-state index contributed by atoms with van der Waals surface area (Å²) in [5.41, 5.74) is 7.49. The van der Waals surface area contributed by atoms with Crippen molar-refractivity contribution < 1.29 is 4.74 Å². The molecule has 2 heteroatoms. The van der Waals surface area contributed by atoms with Crippen LogP contribution in [0.25, 0.3) is 0 Å². The summed E-state index contributed by atoms with van der Waals surface area (Å²) in [7, 11) is 0. The van der Waals surface area contributed by atoms with E-state index >= 15 is 0 Å². The van der Waals surface area contributed by atoms with E-state index in [4.69, 9.17) is 10.5 Å². The van der Waals surface area contributed by atoms with Crippen LogP contribution in [-0.4, -0.2) is 12.1 Å². The fourth-order valence-electron chi connectivity index (χ4n) is 2.59. The number of benzene rings is 1. The zero-order valence-electron chi connectivity index (χ0n) is 11.7. The lowest BCUT2D eigenvalue weighted by atomic mass is 9.85. The highest BCUT2D eigenvalue weighted by atomic mass is 16.5. The summed E-state index contributed by atoms with van der Waals surface area (Å²) >= 11 is 0. The molecule has 1 saturated carbocycles. The number of rotatable bonds is 3. The Kier molecular flexibility index (Phi) is 4.28. The normalized spacial score (nSPS) is 28.4. The largest absolute Gasteiger partial charge is 0.489 e. The van der Waals surface area contributed by atoms with Crippen molar-refractivity contribution in [2.24, 2.45) is 11.7 Å². The second kappa shape index (κ2) is 5.75. The molecule has 18 heavy (non-hydrogen) atoms. The first kappa shape index (κ1) is 13.4. The fourth-order valence-corrected chi connectivity index (χ4v) is 2.59. The van der Waals surface area contributed by atoms with Gasteiger partial charge in [-0.25, -0.2) is 0 Å². The van der Waals surface area contributed by atoms with Crippen LogP contribution in [0.4, 0.5) is 0 Å². The Bertz CT molecular complexity index is 371. The van der Waals surface area contributed by atoms with Gasteiger partial charge in [0.1, 0.15) is 11.9 Å². The van der Waals surface area contributed by atoms with Crippen molar-refractivity contribution in [3.8, 4) is 5.75 Å². The van der Waals surface area contributed by atoms with Crippen LogP contribution in [0.3, 0.4) is 0 Å². The molecule has 1 aromatic carbocycles. The zero-order chi connectivity index (χ0) is 13.1. The molecule has 0 aliphatic heterocycles. The van der Waals surface area contributed by atoms with Crippen molar-refractivity contribution in [3.63, 3.8) is 0 Å². The van der Waals surface area contributed by atoms with Gasteiger partial charge in [-0.05, 0) is 48.8 Å². The first-order chi connectivity index (χ1) is 8.56. The monoisotopic (exact) mass is 247 g/mol. The Morgan fingerprint density at radius 3 is 2.44 bits per heavy atom. The highest BCUT2D eigenvalue weighted by molar-refractivity contribution is 5.29. The summed E-state index contributed by atoms with van der Waals surface area (Å²) in [6.45, 7) is 6.69. The Morgan fingerprint density at radius 2 is 1.83 bits per heavy atom. The van der Waals surface area contributed by atoms with Crippen LogP contribution in [0.2, 0.25) is 0 Å². The predicted octanol–water partition coefficient (Wildman–Crippen LogP) is 3.70. The molecule has 0 bridgehead atoms. The smallest absolute Gasteiger partial charge is 0.119 e. The molecule has 2 nitrogen and oxygen atoms in total. The van der Waals surface area contributed by atoms with Crippen molar-refractivity contribution in [1.82, 2.24) is 0 Å². The second-order valence-electron chi connectivity index (χ2n) is 5.96. The highest BCUT2D eigenvalue weighted by Gasteiger charge is 2.27. The van der Waals surface area contributed by atoms with Crippen molar-refractivity contribution in [3.05, 3.63) is 29.8 Å². The lowest BCUT2D eigenvalue weighted by Crippen LogP contribution is -2.43. The molecule has 0 amide bonds. The summed E-state index contributed by atoms with van der Waals surface area (Å²) in [5, 5.41) is 0. The number of hydrogen-bond donors (Lipinski definition) is 1. The highest BCUT2D eigenvalue weighted by Crippen LogP contribution is 2.27. The SMILES string of the molecule is CC1CCC(N)C(Oc2ccc(C(C)C)cc2)C1. The molecule has 1 fully saturated rings. The second-order valence-corrected chi connectivity index (χ2v) is 5.96. The van der Waals surface area contributed by atoms with Gasteiger partial charge in [-0.1, -0.05) is 32.9 Å². The van der Waals surface area contributed by atoms with Gasteiger partial charge >= 0.3 is 0 Å². The standard InChI is InChI=1S/C16H25NO/c1-11(2)13-5-7-14(8-6-13)18-16-10-12(3)4-9-15(16)17/h5-8,11-12,15-16H,4,9-10,17H2,1-3H3. The lowest BCUT2D eigenvalue weighted by Gasteiger charge is -2.32. The van der Waals surface area contributed by atoms with E-state index in [1.807, 2.05) is 0 Å². The van der Waals surface area contributed by atoms with Gasteiger partial charge in [0.15, 0.2) is 0 Å². The van der Waals surface area contributed by atoms with Crippen LogP contribution >= 0.6 is 0 Å². The van der Waals surface area contributed by atoms with Crippen LogP contribution in [0.5, 0.6) is 5.75 Å². The number of nitrogens with two attached hydrogens (primary N) is 1. The van der Waals surface area contributed by atoms with Crippen LogP contribution in [0, 0.1) is 5.92 Å². The quantitative estimate of drug-likeness (QED) is 0.883. The predicted molar refractivity (Wildman–Crippen MR) is 75.9 cm³/mol. The van der Waals surface area contributed by atoms with Crippen LogP contribution in [-0.2, 0) is 0 Å². The first-order valence-corrected chi connectivity index (χ1v) is 7.08. The maximum atomic E-state index is 6.14. The van der Waals surface area contributed by atoms with E-state index in [1.165, 1.54) is 12.0 Å². The van der Waals surface area contributed by atoms with E-state index in [9.17, 15) is 0 Å². The van der Waals surface area contributed by atoms with Gasteiger partial charge < -0.3 is 10.5 Å². The minimum absolute atomic E-state index is 0.179. The third-order valence-electron chi connectivity index (χ3n) is 3.94. The van der Waals surface area contributed by atoms with E-state index in [0.717, 1.165) is 24.5 Å². The van der Waals surface area contributed by atoms with Gasteiger partial charge in [-0.15, -0.1) is 0 Å². The molecule has 1 aliphatic rings. The van der Waals surface area contributed by atoms with Crippen molar-refractivity contribution in [2.75, 3.05) is 0 Å². The maximum Gasteiger partial charge on any atom is 0.119 e. The molecule has 2 N–H and O–H groups in total. The molecule has 1 aromatic rings. The van der Waals surface area contributed by atoms with Gasteiger partial charge in [0.2, 0.25) is 0 Å². The van der Waals surface area contributed by atoms with E-state index in [-0.39, 0.29) is 12.1 Å². The summed E-state index contributed by atoms with van der Waals surface area (Å²) in [6.07, 6.45) is 3.56. The molecular weight excluding hydrogens is 222 g/mol. The van der Waals surface area contributed by atoms with E-state index in [1.54, 1.807) is 0 Å². The molecule has 2 rings (SSSR count). The van der Waals surface area contributed by atoms with Gasteiger partial charge in [-0.2, -0.15) is 0 Å². The summed E-state index contributed by atoms with van der Waals surface area (Å²) in [6, 6.07) is 8.63. The number of hydrogen-bond acceptors (Lipinski definition) is 2. The molecule has 0 aromatic heterocycles. The Labute approximate surface area is 111 Å². The topological polar surface area (TPSA) is 35.2 Å². The average molecular weight is 247 g/mol. The van der Waals surface area contributed by atoms with Crippen LogP contribution in [0.1, 0.15) is 51.5 Å². The first-order valence-electron chi connectivity index (χ1n) is 7.08. The van der Waals surface area contributed by atoms with Crippen molar-refractivity contribution in [1.29, 1.82) is 0 Å². The third-order valence-corrected chi connectivity index (χ3v) is 3.94. The Hall–Kier alpha value is -1.02. The van der Waals surface area contributed by atoms with Gasteiger partial charge in [0.05, 0.1) is 0 Å². The van der Waals surface area contributed by atoms with Gasteiger partial charge in [0.25, 0.3) is 0 Å². The fraction of sp³-hybridized carbons (Fsp3) is 0.625. The Morgan fingerprint density at radius 1 is 1.17 bits per heavy atom. The number of ether oxygens (including phenoxy) is 1. The summed E-state index contributed by atoms with van der Waals surface area (Å²) < 4.78 is 6.05. The van der Waals surface area contributed by atoms with Crippen molar-refractivity contribution in [2.45, 2.75) is 58.1 Å². The van der Waals surface area contributed by atoms with Crippen LogP contribution < -0.4 is 10.5 Å². The van der Waals surface area contributed by atoms with Crippen molar-refractivity contribution >= 4 is 0 Å². The van der Waals surface area contributed by atoms with E-state index < -0.39 is 0 Å². The molecule has 1 aliphatic carbocycles. The molecule has 100 valence electrons. The molecule has 0 heterocycles. The van der Waals surface area contributed by atoms with Crippen LogP contribution in [0.15, 0.2) is 24.3 Å². The van der Waals surface area contributed by atoms with Gasteiger partial charge in [-0.3, -0.25) is 0 Å². The third kappa shape index (κ3) is 3.26. The minimum atomic E-state index is 0.179.